The van der Waals surface area contributed by atoms with Crippen molar-refractivity contribution in [3.05, 3.63) is 12.1 Å². The molecule has 0 spiro atoms. The Bertz CT molecular complexity index is 463. The molecule has 1 aliphatic carbocycles. The van der Waals surface area contributed by atoms with Crippen molar-refractivity contribution >= 4 is 11.5 Å². The van der Waals surface area contributed by atoms with E-state index in [0.717, 1.165) is 24.7 Å². The third kappa shape index (κ3) is 2.56. The molecule has 4 heteroatoms. The van der Waals surface area contributed by atoms with E-state index in [-0.39, 0.29) is 0 Å². The number of hydrogen-bond acceptors (Lipinski definition) is 4. The maximum Gasteiger partial charge on any atom is 0.239 e. The van der Waals surface area contributed by atoms with E-state index in [1.165, 1.54) is 32.1 Å². The zero-order valence-corrected chi connectivity index (χ0v) is 12.3. The van der Waals surface area contributed by atoms with Crippen LogP contribution in [0.15, 0.2) is 12.1 Å². The van der Waals surface area contributed by atoms with Crippen molar-refractivity contribution in [3.8, 4) is 5.88 Å². The van der Waals surface area contributed by atoms with Crippen molar-refractivity contribution in [2.45, 2.75) is 51.5 Å². The molecule has 1 aromatic heterocycles. The third-order valence-corrected chi connectivity index (χ3v) is 4.61. The summed E-state index contributed by atoms with van der Waals surface area (Å²) in [5.74, 6) is 2.51. The van der Waals surface area contributed by atoms with E-state index in [9.17, 15) is 0 Å². The van der Waals surface area contributed by atoms with Crippen LogP contribution < -0.4 is 15.4 Å². The second-order valence-corrected chi connectivity index (χ2v) is 6.01. The van der Waals surface area contributed by atoms with Crippen molar-refractivity contribution in [1.82, 2.24) is 4.98 Å². The molecule has 0 amide bonds. The van der Waals surface area contributed by atoms with Gasteiger partial charge in [0.2, 0.25) is 5.88 Å². The number of ether oxygens (including phenoxy) is 1. The van der Waals surface area contributed by atoms with Gasteiger partial charge in [-0.05, 0) is 50.2 Å². The molecule has 0 bridgehead atoms. The van der Waals surface area contributed by atoms with Gasteiger partial charge < -0.3 is 15.4 Å². The molecule has 2 aliphatic rings. The zero-order chi connectivity index (χ0) is 13.9. The third-order valence-electron chi connectivity index (χ3n) is 4.61. The summed E-state index contributed by atoms with van der Waals surface area (Å²) in [7, 11) is 0. The number of piperidine rings is 1. The molecule has 3 rings (SSSR count). The molecule has 1 saturated heterocycles. The van der Waals surface area contributed by atoms with Crippen molar-refractivity contribution in [2.24, 2.45) is 5.92 Å². The molecule has 1 aliphatic heterocycles. The quantitative estimate of drug-likeness (QED) is 0.916. The van der Waals surface area contributed by atoms with Gasteiger partial charge in [0.1, 0.15) is 5.82 Å². The lowest BCUT2D eigenvalue weighted by molar-refractivity contribution is 0.305. The van der Waals surface area contributed by atoms with Crippen LogP contribution in [0.5, 0.6) is 5.88 Å². The Morgan fingerprint density at radius 3 is 3.00 bits per heavy atom. The minimum atomic E-state index is 0.601. The maximum absolute atomic E-state index is 5.96. The van der Waals surface area contributed by atoms with E-state index in [4.69, 9.17) is 10.5 Å². The van der Waals surface area contributed by atoms with Crippen molar-refractivity contribution in [1.29, 1.82) is 0 Å². The van der Waals surface area contributed by atoms with Gasteiger partial charge in [0, 0.05) is 12.6 Å². The summed E-state index contributed by atoms with van der Waals surface area (Å²) in [6.07, 6.45) is 7.69. The van der Waals surface area contributed by atoms with Crippen LogP contribution in [0.3, 0.4) is 0 Å². The molecule has 2 atom stereocenters. The van der Waals surface area contributed by atoms with Crippen LogP contribution in [0.4, 0.5) is 11.5 Å². The van der Waals surface area contributed by atoms with Gasteiger partial charge in [0.05, 0.1) is 12.3 Å². The minimum Gasteiger partial charge on any atom is -0.476 e. The van der Waals surface area contributed by atoms with E-state index in [0.29, 0.717) is 24.2 Å². The second kappa shape index (κ2) is 5.90. The van der Waals surface area contributed by atoms with Gasteiger partial charge in [-0.3, -0.25) is 0 Å². The average Bonchev–Trinajstić information content (AvgIpc) is 2.95. The Hall–Kier alpha value is -1.45. The first kappa shape index (κ1) is 13.5. The van der Waals surface area contributed by atoms with Gasteiger partial charge in [-0.2, -0.15) is 4.98 Å². The van der Waals surface area contributed by atoms with Crippen LogP contribution in [0.25, 0.3) is 0 Å². The summed E-state index contributed by atoms with van der Waals surface area (Å²) < 4.78 is 5.67. The number of nitrogen functional groups attached to an aromatic ring is 1. The highest BCUT2D eigenvalue weighted by atomic mass is 16.5. The molecule has 2 heterocycles. The average molecular weight is 275 g/mol. The fourth-order valence-corrected chi connectivity index (χ4v) is 3.65. The van der Waals surface area contributed by atoms with Crippen LogP contribution in [0.1, 0.15) is 45.4 Å². The van der Waals surface area contributed by atoms with E-state index >= 15 is 0 Å². The van der Waals surface area contributed by atoms with E-state index in [2.05, 4.69) is 22.9 Å². The predicted molar refractivity (Wildman–Crippen MR) is 82.1 cm³/mol. The van der Waals surface area contributed by atoms with Crippen LogP contribution >= 0.6 is 0 Å². The summed E-state index contributed by atoms with van der Waals surface area (Å²) in [5.41, 5.74) is 6.60. The van der Waals surface area contributed by atoms with E-state index in [1.54, 1.807) is 0 Å². The molecule has 2 N–H and O–H groups in total. The molecule has 2 unspecified atom stereocenters. The number of nitrogens with zero attached hydrogens (tertiary/aromatic N) is 2. The number of hydrogen-bond donors (Lipinski definition) is 1. The number of nitrogens with two attached hydrogens (primary N) is 1. The normalized spacial score (nSPS) is 25.6. The highest BCUT2D eigenvalue weighted by molar-refractivity contribution is 5.55. The Labute approximate surface area is 121 Å². The number of rotatable bonds is 4. The lowest BCUT2D eigenvalue weighted by Crippen LogP contribution is -2.43. The standard InChI is InChI=1S/C16H25N3O/c1-2-11-20-16-13(17)8-9-15(18-16)19-10-4-6-12-5-3-7-14(12)19/h8-9,12,14H,2-7,10-11,17H2,1H3. The van der Waals surface area contributed by atoms with Crippen LogP contribution in [0.2, 0.25) is 0 Å². The summed E-state index contributed by atoms with van der Waals surface area (Å²) in [6, 6.07) is 4.67. The highest BCUT2D eigenvalue weighted by Crippen LogP contribution is 2.39. The van der Waals surface area contributed by atoms with Gasteiger partial charge in [-0.25, -0.2) is 0 Å². The fraction of sp³-hybridized carbons (Fsp3) is 0.688. The number of aromatic nitrogens is 1. The first-order valence-electron chi connectivity index (χ1n) is 7.95. The summed E-state index contributed by atoms with van der Waals surface area (Å²) in [4.78, 5) is 7.16. The maximum atomic E-state index is 5.96. The lowest BCUT2D eigenvalue weighted by atomic mass is 9.92. The van der Waals surface area contributed by atoms with Gasteiger partial charge in [0.15, 0.2) is 0 Å². The number of pyridine rings is 1. The lowest BCUT2D eigenvalue weighted by Gasteiger charge is -2.38. The summed E-state index contributed by atoms with van der Waals surface area (Å²) >= 11 is 0. The first-order valence-corrected chi connectivity index (χ1v) is 7.95. The Morgan fingerprint density at radius 2 is 2.15 bits per heavy atom. The topological polar surface area (TPSA) is 51.4 Å². The van der Waals surface area contributed by atoms with Gasteiger partial charge in [-0.1, -0.05) is 13.3 Å². The van der Waals surface area contributed by atoms with Crippen molar-refractivity contribution in [2.75, 3.05) is 23.8 Å². The molecule has 4 nitrogen and oxygen atoms in total. The number of anilines is 2. The molecule has 20 heavy (non-hydrogen) atoms. The smallest absolute Gasteiger partial charge is 0.239 e. The van der Waals surface area contributed by atoms with E-state index in [1.807, 2.05) is 6.07 Å². The van der Waals surface area contributed by atoms with Crippen molar-refractivity contribution < 1.29 is 4.74 Å². The second-order valence-electron chi connectivity index (χ2n) is 6.01. The molecular weight excluding hydrogens is 250 g/mol. The van der Waals surface area contributed by atoms with Crippen LogP contribution in [0, 0.1) is 5.92 Å². The zero-order valence-electron chi connectivity index (χ0n) is 12.3. The Balaban J connectivity index is 1.81. The number of fused-ring (bicyclic) bond motifs is 1. The molecular formula is C16H25N3O. The molecule has 1 saturated carbocycles. The predicted octanol–water partition coefficient (Wildman–Crippen LogP) is 3.22. The van der Waals surface area contributed by atoms with Gasteiger partial charge in [-0.15, -0.1) is 0 Å². The van der Waals surface area contributed by atoms with Crippen LogP contribution in [-0.2, 0) is 0 Å². The van der Waals surface area contributed by atoms with Gasteiger partial charge >= 0.3 is 0 Å². The summed E-state index contributed by atoms with van der Waals surface area (Å²) in [5, 5.41) is 0. The minimum absolute atomic E-state index is 0.601. The largest absolute Gasteiger partial charge is 0.476 e. The van der Waals surface area contributed by atoms with Crippen molar-refractivity contribution in [3.63, 3.8) is 0 Å². The Kier molecular flexibility index (Phi) is 3.99. The first-order chi connectivity index (χ1) is 9.79. The molecule has 1 aromatic rings. The molecule has 110 valence electrons. The molecule has 0 aromatic carbocycles. The molecule has 2 fully saturated rings. The van der Waals surface area contributed by atoms with Gasteiger partial charge in [0.25, 0.3) is 0 Å². The summed E-state index contributed by atoms with van der Waals surface area (Å²) in [6.45, 7) is 3.88. The highest BCUT2D eigenvalue weighted by Gasteiger charge is 2.35. The van der Waals surface area contributed by atoms with E-state index < -0.39 is 0 Å². The van der Waals surface area contributed by atoms with Crippen LogP contribution in [-0.4, -0.2) is 24.2 Å². The monoisotopic (exact) mass is 275 g/mol. The molecule has 0 radical (unpaired) electrons. The SMILES string of the molecule is CCCOc1nc(N2CCCC3CCCC32)ccc1N. The Morgan fingerprint density at radius 1 is 1.30 bits per heavy atom. The fourth-order valence-electron chi connectivity index (χ4n) is 3.65.